The topological polar surface area (TPSA) is 29.1 Å². The summed E-state index contributed by atoms with van der Waals surface area (Å²) in [6, 6.07) is 4.91. The van der Waals surface area contributed by atoms with Gasteiger partial charge < -0.3 is 5.32 Å². The van der Waals surface area contributed by atoms with Crippen LogP contribution in [0.25, 0.3) is 0 Å². The van der Waals surface area contributed by atoms with Crippen LogP contribution in [0, 0.1) is 12.7 Å². The van der Waals surface area contributed by atoms with Gasteiger partial charge in [-0.25, -0.2) is 4.39 Å². The van der Waals surface area contributed by atoms with E-state index in [4.69, 9.17) is 11.6 Å². The van der Waals surface area contributed by atoms with Crippen molar-refractivity contribution in [3.05, 3.63) is 35.1 Å². The predicted molar refractivity (Wildman–Crippen MR) is 70.1 cm³/mol. The van der Waals surface area contributed by atoms with E-state index in [0.717, 1.165) is 25.7 Å². The molecule has 1 aromatic rings. The number of hydrogen-bond acceptors (Lipinski definition) is 1. The minimum Gasteiger partial charge on any atom is -0.352 e. The van der Waals surface area contributed by atoms with E-state index in [9.17, 15) is 9.18 Å². The largest absolute Gasteiger partial charge is 0.352 e. The molecule has 1 aromatic carbocycles. The first-order chi connectivity index (χ1) is 8.58. The molecule has 18 heavy (non-hydrogen) atoms. The smallest absolute Gasteiger partial charge is 0.242 e. The normalized spacial score (nSPS) is 17.7. The maximum Gasteiger partial charge on any atom is 0.242 e. The molecule has 1 aliphatic carbocycles. The molecule has 2 nitrogen and oxygen atoms in total. The van der Waals surface area contributed by atoms with Crippen LogP contribution in [0.1, 0.15) is 42.2 Å². The van der Waals surface area contributed by atoms with E-state index in [1.807, 2.05) is 0 Å². The van der Waals surface area contributed by atoms with Crippen molar-refractivity contribution < 1.29 is 9.18 Å². The zero-order valence-electron chi connectivity index (χ0n) is 10.4. The molecular formula is C14H17ClFNO. The summed E-state index contributed by atoms with van der Waals surface area (Å²) in [7, 11) is 0. The van der Waals surface area contributed by atoms with E-state index in [1.165, 1.54) is 6.07 Å². The summed E-state index contributed by atoms with van der Waals surface area (Å²) in [4.78, 5) is 11.9. The summed E-state index contributed by atoms with van der Waals surface area (Å²) < 4.78 is 13.4. The Labute approximate surface area is 112 Å². The summed E-state index contributed by atoms with van der Waals surface area (Å²) in [5.74, 6) is -0.557. The van der Waals surface area contributed by atoms with E-state index in [0.29, 0.717) is 11.1 Å². The second-order valence-corrected chi connectivity index (χ2v) is 5.30. The Morgan fingerprint density at radius 2 is 2.11 bits per heavy atom. The van der Waals surface area contributed by atoms with Crippen molar-refractivity contribution in [2.75, 3.05) is 0 Å². The molecule has 1 fully saturated rings. The molecule has 0 aliphatic heterocycles. The lowest BCUT2D eigenvalue weighted by Crippen LogP contribution is -2.34. The molecule has 0 spiro atoms. The number of nitrogens with one attached hydrogen (secondary N) is 1. The highest BCUT2D eigenvalue weighted by Crippen LogP contribution is 2.24. The van der Waals surface area contributed by atoms with Crippen LogP contribution < -0.4 is 5.32 Å². The molecule has 1 saturated carbocycles. The molecule has 2 rings (SSSR count). The van der Waals surface area contributed by atoms with Gasteiger partial charge in [-0.1, -0.05) is 25.0 Å². The van der Waals surface area contributed by atoms with Crippen molar-refractivity contribution in [1.29, 1.82) is 0 Å². The first kappa shape index (κ1) is 13.3. The van der Waals surface area contributed by atoms with Crippen molar-refractivity contribution in [3.63, 3.8) is 0 Å². The zero-order chi connectivity index (χ0) is 13.1. The fourth-order valence-electron chi connectivity index (χ4n) is 2.26. The van der Waals surface area contributed by atoms with Gasteiger partial charge in [0.15, 0.2) is 0 Å². The van der Waals surface area contributed by atoms with Crippen molar-refractivity contribution in [3.8, 4) is 0 Å². The first-order valence-electron chi connectivity index (χ1n) is 6.28. The highest BCUT2D eigenvalue weighted by atomic mass is 35.5. The van der Waals surface area contributed by atoms with Gasteiger partial charge in [-0.05, 0) is 37.0 Å². The minimum absolute atomic E-state index is 0.230. The first-order valence-corrected chi connectivity index (χ1v) is 6.72. The van der Waals surface area contributed by atoms with E-state index < -0.39 is 5.38 Å². The Morgan fingerprint density at radius 3 is 2.72 bits per heavy atom. The summed E-state index contributed by atoms with van der Waals surface area (Å²) in [6.07, 6.45) is 4.32. The summed E-state index contributed by atoms with van der Waals surface area (Å²) in [5.41, 5.74) is 1.06. The van der Waals surface area contributed by atoms with Gasteiger partial charge in [0.2, 0.25) is 5.91 Å². The van der Waals surface area contributed by atoms with Gasteiger partial charge in [-0.3, -0.25) is 4.79 Å². The Morgan fingerprint density at radius 1 is 1.44 bits per heavy atom. The third-order valence-corrected chi connectivity index (χ3v) is 3.87. The van der Waals surface area contributed by atoms with Gasteiger partial charge in [-0.15, -0.1) is 11.6 Å². The molecule has 4 heteroatoms. The lowest BCUT2D eigenvalue weighted by molar-refractivity contribution is -0.121. The Balaban J connectivity index is 2.02. The van der Waals surface area contributed by atoms with Gasteiger partial charge in [0, 0.05) is 6.04 Å². The summed E-state index contributed by atoms with van der Waals surface area (Å²) in [6.45, 7) is 1.68. The lowest BCUT2D eigenvalue weighted by atomic mass is 10.1. The van der Waals surface area contributed by atoms with Gasteiger partial charge in [0.25, 0.3) is 0 Å². The monoisotopic (exact) mass is 269 g/mol. The Kier molecular flexibility index (Phi) is 4.23. The molecule has 0 bridgehead atoms. The van der Waals surface area contributed by atoms with Crippen molar-refractivity contribution >= 4 is 17.5 Å². The summed E-state index contributed by atoms with van der Waals surface area (Å²) in [5, 5.41) is 2.10. The van der Waals surface area contributed by atoms with Gasteiger partial charge in [-0.2, -0.15) is 0 Å². The molecule has 1 N–H and O–H groups in total. The third-order valence-electron chi connectivity index (χ3n) is 3.42. The predicted octanol–water partition coefficient (Wildman–Crippen LogP) is 3.47. The quantitative estimate of drug-likeness (QED) is 0.837. The van der Waals surface area contributed by atoms with Gasteiger partial charge in [0.1, 0.15) is 11.2 Å². The standard InChI is InChI=1S/C14H17ClFNO/c1-9-6-7-10(8-12(9)16)13(15)14(18)17-11-4-2-3-5-11/h6-8,11,13H,2-5H2,1H3,(H,17,18). The molecule has 0 heterocycles. The Hall–Kier alpha value is -1.09. The van der Waals surface area contributed by atoms with Crippen LogP contribution in [-0.2, 0) is 4.79 Å². The van der Waals surface area contributed by atoms with Gasteiger partial charge >= 0.3 is 0 Å². The average Bonchev–Trinajstić information content (AvgIpc) is 2.84. The fourth-order valence-corrected chi connectivity index (χ4v) is 2.46. The zero-order valence-corrected chi connectivity index (χ0v) is 11.1. The van der Waals surface area contributed by atoms with Crippen LogP contribution in [0.15, 0.2) is 18.2 Å². The molecule has 1 atom stereocenters. The molecule has 0 aromatic heterocycles. The number of carbonyl (C=O) groups excluding carboxylic acids is 1. The highest BCUT2D eigenvalue weighted by Gasteiger charge is 2.23. The van der Waals surface area contributed by atoms with Crippen molar-refractivity contribution in [1.82, 2.24) is 5.32 Å². The number of carbonyl (C=O) groups is 1. The van der Waals surface area contributed by atoms with Crippen LogP contribution in [0.5, 0.6) is 0 Å². The SMILES string of the molecule is Cc1ccc(C(Cl)C(=O)NC2CCCC2)cc1F. The number of rotatable bonds is 3. The number of amides is 1. The number of hydrogen-bond donors (Lipinski definition) is 1. The number of halogens is 2. The van der Waals surface area contributed by atoms with E-state index in [2.05, 4.69) is 5.32 Å². The molecule has 1 aliphatic rings. The summed E-state index contributed by atoms with van der Waals surface area (Å²) >= 11 is 6.08. The highest BCUT2D eigenvalue weighted by molar-refractivity contribution is 6.30. The molecule has 0 radical (unpaired) electrons. The minimum atomic E-state index is -0.819. The van der Waals surface area contributed by atoms with Crippen molar-refractivity contribution in [2.24, 2.45) is 0 Å². The van der Waals surface area contributed by atoms with Crippen molar-refractivity contribution in [2.45, 2.75) is 44.0 Å². The second kappa shape index (κ2) is 5.70. The maximum absolute atomic E-state index is 13.4. The van der Waals surface area contributed by atoms with E-state index in [1.54, 1.807) is 19.1 Å². The molecule has 1 amide bonds. The lowest BCUT2D eigenvalue weighted by Gasteiger charge is -2.15. The average molecular weight is 270 g/mol. The van der Waals surface area contributed by atoms with Crippen LogP contribution in [0.4, 0.5) is 4.39 Å². The maximum atomic E-state index is 13.4. The number of benzene rings is 1. The van der Waals surface area contributed by atoms with Crippen LogP contribution in [0.2, 0.25) is 0 Å². The van der Waals surface area contributed by atoms with Crippen LogP contribution in [0.3, 0.4) is 0 Å². The van der Waals surface area contributed by atoms with E-state index >= 15 is 0 Å². The third kappa shape index (κ3) is 3.02. The molecule has 98 valence electrons. The number of alkyl halides is 1. The Bertz CT molecular complexity index is 443. The van der Waals surface area contributed by atoms with Gasteiger partial charge in [0.05, 0.1) is 0 Å². The fraction of sp³-hybridized carbons (Fsp3) is 0.500. The van der Waals surface area contributed by atoms with E-state index in [-0.39, 0.29) is 17.8 Å². The number of aryl methyl sites for hydroxylation is 1. The molecular weight excluding hydrogens is 253 g/mol. The molecule has 0 saturated heterocycles. The molecule has 1 unspecified atom stereocenters. The van der Waals surface area contributed by atoms with Crippen LogP contribution >= 0.6 is 11.6 Å². The van der Waals surface area contributed by atoms with Crippen LogP contribution in [-0.4, -0.2) is 11.9 Å². The second-order valence-electron chi connectivity index (χ2n) is 4.86.